The zero-order valence-corrected chi connectivity index (χ0v) is 10.1. The SMILES string of the molecule is CC(C)[C@H](N)C(=O)N[C@@H](CC(=O)O)[C@@H](O)S. The summed E-state index contributed by atoms with van der Waals surface area (Å²) in [6, 6.07) is -1.68. The number of aliphatic carboxylic acids is 1. The Labute approximate surface area is 99.6 Å². The Morgan fingerprint density at radius 2 is 1.94 bits per heavy atom. The van der Waals surface area contributed by atoms with Gasteiger partial charge in [-0.05, 0) is 5.92 Å². The van der Waals surface area contributed by atoms with Gasteiger partial charge in [-0.25, -0.2) is 0 Å². The van der Waals surface area contributed by atoms with Crippen molar-refractivity contribution in [2.24, 2.45) is 11.7 Å². The fourth-order valence-corrected chi connectivity index (χ4v) is 1.18. The van der Waals surface area contributed by atoms with Crippen molar-refractivity contribution in [2.75, 3.05) is 0 Å². The number of carboxylic acid groups (broad SMARTS) is 1. The van der Waals surface area contributed by atoms with Crippen molar-refractivity contribution in [1.82, 2.24) is 5.32 Å². The third-order valence-electron chi connectivity index (χ3n) is 2.10. The highest BCUT2D eigenvalue weighted by Gasteiger charge is 2.25. The lowest BCUT2D eigenvalue weighted by Crippen LogP contribution is -2.51. The number of carbonyl (C=O) groups excluding carboxylic acids is 1. The molecule has 94 valence electrons. The van der Waals surface area contributed by atoms with E-state index in [0.717, 1.165) is 0 Å². The summed E-state index contributed by atoms with van der Waals surface area (Å²) in [7, 11) is 0. The first-order chi connectivity index (χ1) is 7.25. The van der Waals surface area contributed by atoms with Gasteiger partial charge in [-0.3, -0.25) is 9.59 Å². The number of aliphatic hydroxyl groups excluding tert-OH is 1. The van der Waals surface area contributed by atoms with Crippen LogP contribution in [0.15, 0.2) is 0 Å². The third-order valence-corrected chi connectivity index (χ3v) is 2.46. The molecule has 0 aliphatic carbocycles. The minimum absolute atomic E-state index is 0.0671. The van der Waals surface area contributed by atoms with Crippen LogP contribution in [-0.2, 0) is 9.59 Å². The quantitative estimate of drug-likeness (QED) is 0.312. The molecule has 16 heavy (non-hydrogen) atoms. The molecule has 0 aliphatic heterocycles. The van der Waals surface area contributed by atoms with Gasteiger partial charge in [0, 0.05) is 0 Å². The predicted octanol–water partition coefficient (Wildman–Crippen LogP) is -0.823. The first kappa shape index (κ1) is 15.2. The molecule has 0 aromatic rings. The second kappa shape index (κ2) is 6.72. The molecule has 5 N–H and O–H groups in total. The number of carboxylic acids is 1. The number of carbonyl (C=O) groups is 2. The van der Waals surface area contributed by atoms with Crippen LogP contribution >= 0.6 is 12.6 Å². The van der Waals surface area contributed by atoms with Crippen molar-refractivity contribution < 1.29 is 19.8 Å². The molecule has 0 radical (unpaired) electrons. The molecule has 0 aromatic carbocycles. The molecule has 3 atom stereocenters. The Morgan fingerprint density at radius 1 is 1.44 bits per heavy atom. The zero-order chi connectivity index (χ0) is 12.9. The fourth-order valence-electron chi connectivity index (χ4n) is 1.00. The molecule has 0 saturated carbocycles. The number of hydrogen-bond donors (Lipinski definition) is 5. The fraction of sp³-hybridized carbons (Fsp3) is 0.778. The molecule has 1 amide bonds. The van der Waals surface area contributed by atoms with Gasteiger partial charge in [0.15, 0.2) is 0 Å². The number of amides is 1. The number of nitrogens with two attached hydrogens (primary N) is 1. The summed E-state index contributed by atoms with van der Waals surface area (Å²) in [5.74, 6) is -1.69. The summed E-state index contributed by atoms with van der Waals surface area (Å²) < 4.78 is 0. The summed E-state index contributed by atoms with van der Waals surface area (Å²) in [5.41, 5.74) is 4.34. The van der Waals surface area contributed by atoms with E-state index in [1.807, 2.05) is 0 Å². The second-order valence-corrected chi connectivity index (χ2v) is 4.43. The molecule has 0 aliphatic rings. The molecule has 0 heterocycles. The first-order valence-electron chi connectivity index (χ1n) is 4.89. The largest absolute Gasteiger partial charge is 0.481 e. The number of nitrogens with one attached hydrogen (secondary N) is 1. The molecule has 6 nitrogen and oxygen atoms in total. The number of thiol groups is 1. The molecular formula is C9H18N2O4S. The van der Waals surface area contributed by atoms with Gasteiger partial charge >= 0.3 is 5.97 Å². The van der Waals surface area contributed by atoms with Gasteiger partial charge in [0.05, 0.1) is 18.5 Å². The molecule has 0 saturated heterocycles. The molecule has 0 spiro atoms. The maximum atomic E-state index is 11.5. The Balaban J connectivity index is 4.40. The molecule has 0 fully saturated rings. The van der Waals surface area contributed by atoms with Gasteiger partial charge in [-0.15, -0.1) is 12.6 Å². The lowest BCUT2D eigenvalue weighted by molar-refractivity contribution is -0.138. The topological polar surface area (TPSA) is 113 Å². The van der Waals surface area contributed by atoms with Crippen LogP contribution in [0.5, 0.6) is 0 Å². The number of hydrogen-bond acceptors (Lipinski definition) is 5. The van der Waals surface area contributed by atoms with Gasteiger partial charge in [0.2, 0.25) is 5.91 Å². The zero-order valence-electron chi connectivity index (χ0n) is 9.25. The summed E-state index contributed by atoms with van der Waals surface area (Å²) in [6.07, 6.45) is -0.402. The smallest absolute Gasteiger partial charge is 0.305 e. The maximum absolute atomic E-state index is 11.5. The van der Waals surface area contributed by atoms with E-state index >= 15 is 0 Å². The van der Waals surface area contributed by atoms with Crippen molar-refractivity contribution in [3.63, 3.8) is 0 Å². The number of rotatable bonds is 6. The molecule has 0 bridgehead atoms. The lowest BCUT2D eigenvalue weighted by atomic mass is 10.0. The second-order valence-electron chi connectivity index (χ2n) is 3.90. The molecular weight excluding hydrogens is 232 g/mol. The van der Waals surface area contributed by atoms with Crippen molar-refractivity contribution in [3.8, 4) is 0 Å². The van der Waals surface area contributed by atoms with Crippen LogP contribution in [0.3, 0.4) is 0 Å². The highest BCUT2D eigenvalue weighted by atomic mass is 32.1. The maximum Gasteiger partial charge on any atom is 0.305 e. The highest BCUT2D eigenvalue weighted by molar-refractivity contribution is 7.80. The molecule has 0 unspecified atom stereocenters. The third kappa shape index (κ3) is 5.34. The van der Waals surface area contributed by atoms with Crippen molar-refractivity contribution in [2.45, 2.75) is 37.8 Å². The molecule has 7 heteroatoms. The van der Waals surface area contributed by atoms with Crippen LogP contribution in [0.4, 0.5) is 0 Å². The van der Waals surface area contributed by atoms with Gasteiger partial charge < -0.3 is 21.3 Å². The monoisotopic (exact) mass is 250 g/mol. The molecule has 0 rings (SSSR count). The Hall–Kier alpha value is -0.790. The van der Waals surface area contributed by atoms with Crippen LogP contribution in [0.1, 0.15) is 20.3 Å². The Bertz CT molecular complexity index is 258. The Kier molecular flexibility index (Phi) is 6.39. The van der Waals surface area contributed by atoms with Crippen LogP contribution in [0.2, 0.25) is 0 Å². The van der Waals surface area contributed by atoms with E-state index in [1.54, 1.807) is 13.8 Å². The van der Waals surface area contributed by atoms with Crippen LogP contribution in [0, 0.1) is 5.92 Å². The normalized spacial score (nSPS) is 16.6. The van der Waals surface area contributed by atoms with E-state index < -0.39 is 35.8 Å². The lowest BCUT2D eigenvalue weighted by Gasteiger charge is -2.22. The van der Waals surface area contributed by atoms with Crippen LogP contribution in [0.25, 0.3) is 0 Å². The van der Waals surface area contributed by atoms with E-state index in [0.29, 0.717) is 0 Å². The standard InChI is InChI=1S/C9H18N2O4S/c1-4(2)7(10)8(14)11-5(9(15)16)3-6(12)13/h4-5,7,9,15-16H,3,10H2,1-2H3,(H,11,14)(H,12,13)/t5-,7-,9-/m0/s1. The van der Waals surface area contributed by atoms with Crippen molar-refractivity contribution in [3.05, 3.63) is 0 Å². The average molecular weight is 250 g/mol. The predicted molar refractivity (Wildman–Crippen MR) is 62.0 cm³/mol. The Morgan fingerprint density at radius 3 is 2.25 bits per heavy atom. The van der Waals surface area contributed by atoms with E-state index in [9.17, 15) is 14.7 Å². The minimum Gasteiger partial charge on any atom is -0.481 e. The van der Waals surface area contributed by atoms with Gasteiger partial charge in [0.25, 0.3) is 0 Å². The number of aliphatic hydroxyl groups is 1. The first-order valence-corrected chi connectivity index (χ1v) is 5.41. The van der Waals surface area contributed by atoms with Crippen molar-refractivity contribution in [1.29, 1.82) is 0 Å². The average Bonchev–Trinajstić information content (AvgIpc) is 2.14. The van der Waals surface area contributed by atoms with E-state index in [1.165, 1.54) is 0 Å². The van der Waals surface area contributed by atoms with Crippen LogP contribution in [-0.4, -0.2) is 39.6 Å². The van der Waals surface area contributed by atoms with E-state index in [2.05, 4.69) is 17.9 Å². The summed E-state index contributed by atoms with van der Waals surface area (Å²) in [4.78, 5) is 22.0. The van der Waals surface area contributed by atoms with Gasteiger partial charge in [-0.1, -0.05) is 13.8 Å². The summed E-state index contributed by atoms with van der Waals surface area (Å²) in [6.45, 7) is 3.54. The van der Waals surface area contributed by atoms with Crippen molar-refractivity contribution >= 4 is 24.5 Å². The highest BCUT2D eigenvalue weighted by Crippen LogP contribution is 2.05. The van der Waals surface area contributed by atoms with E-state index in [4.69, 9.17) is 10.8 Å². The van der Waals surface area contributed by atoms with E-state index in [-0.39, 0.29) is 5.92 Å². The van der Waals surface area contributed by atoms with Gasteiger partial charge in [0.1, 0.15) is 5.44 Å². The summed E-state index contributed by atoms with van der Waals surface area (Å²) in [5, 5.41) is 20.1. The minimum atomic E-state index is -1.24. The van der Waals surface area contributed by atoms with Gasteiger partial charge in [-0.2, -0.15) is 0 Å². The van der Waals surface area contributed by atoms with Crippen LogP contribution < -0.4 is 11.1 Å². The molecule has 0 aromatic heterocycles. The summed E-state index contributed by atoms with van der Waals surface area (Å²) >= 11 is 3.70.